The van der Waals surface area contributed by atoms with Gasteiger partial charge in [0.15, 0.2) is 11.4 Å². The molecule has 0 amide bonds. The minimum absolute atomic E-state index is 0.0706. The van der Waals surface area contributed by atoms with Gasteiger partial charge in [-0.05, 0) is 15.9 Å². The lowest BCUT2D eigenvalue weighted by molar-refractivity contribution is -0.384. The summed E-state index contributed by atoms with van der Waals surface area (Å²) in [6.45, 7) is 0. The second-order valence-electron chi connectivity index (χ2n) is 3.29. The minimum atomic E-state index is -0.625. The van der Waals surface area contributed by atoms with Gasteiger partial charge in [-0.2, -0.15) is 10.5 Å². The molecule has 0 fully saturated rings. The van der Waals surface area contributed by atoms with E-state index in [9.17, 15) is 10.1 Å². The summed E-state index contributed by atoms with van der Waals surface area (Å²) in [5, 5.41) is 28.8. The van der Waals surface area contributed by atoms with Crippen molar-refractivity contribution >= 4 is 21.6 Å². The molecule has 19 heavy (non-hydrogen) atoms. The average molecular weight is 319 g/mol. The Kier molecular flexibility index (Phi) is 3.23. The molecule has 0 aliphatic rings. The largest absolute Gasteiger partial charge is 0.313 e. The smallest absolute Gasteiger partial charge is 0.267 e. The molecule has 2 aromatic rings. The molecule has 0 bridgehead atoms. The Hall–Kier alpha value is -2.78. The lowest BCUT2D eigenvalue weighted by Gasteiger charge is -2.03. The number of nitrogens with zero attached hydrogens (tertiary/aromatic N) is 6. The highest BCUT2D eigenvalue weighted by molar-refractivity contribution is 9.10. The number of hydrogen-bond donors (Lipinski definition) is 0. The second-order valence-corrected chi connectivity index (χ2v) is 4.20. The molecule has 0 aromatic carbocycles. The predicted molar refractivity (Wildman–Crippen MR) is 65.1 cm³/mol. The van der Waals surface area contributed by atoms with Crippen molar-refractivity contribution in [1.29, 1.82) is 10.5 Å². The van der Waals surface area contributed by atoms with E-state index in [0.29, 0.717) is 4.47 Å². The molecular formula is C10H3BrN6O2. The van der Waals surface area contributed by atoms with E-state index in [-0.39, 0.29) is 22.9 Å². The van der Waals surface area contributed by atoms with E-state index < -0.39 is 4.92 Å². The van der Waals surface area contributed by atoms with E-state index in [1.807, 2.05) is 0 Å². The van der Waals surface area contributed by atoms with Gasteiger partial charge in [-0.15, -0.1) is 0 Å². The molecule has 0 atom stereocenters. The van der Waals surface area contributed by atoms with Crippen LogP contribution >= 0.6 is 15.9 Å². The summed E-state index contributed by atoms with van der Waals surface area (Å²) in [4.78, 5) is 18.0. The van der Waals surface area contributed by atoms with Gasteiger partial charge >= 0.3 is 5.69 Å². The summed E-state index contributed by atoms with van der Waals surface area (Å²) >= 11 is 3.08. The highest BCUT2D eigenvalue weighted by Crippen LogP contribution is 2.25. The summed E-state index contributed by atoms with van der Waals surface area (Å²) in [5.74, 6) is -0.0706. The zero-order chi connectivity index (χ0) is 14.0. The Morgan fingerprint density at radius 1 is 1.37 bits per heavy atom. The molecule has 9 heteroatoms. The Balaban J connectivity index is 2.74. The SMILES string of the molecule is N#Cc1ncn(-c2ncc(Br)cc2[N+](=O)[O-])c1C#N. The van der Waals surface area contributed by atoms with Crippen LogP contribution in [0, 0.1) is 32.8 Å². The van der Waals surface area contributed by atoms with Crippen LogP contribution < -0.4 is 0 Å². The molecule has 0 saturated heterocycles. The average Bonchev–Trinajstić information content (AvgIpc) is 2.81. The molecule has 92 valence electrons. The van der Waals surface area contributed by atoms with Gasteiger partial charge in [0, 0.05) is 16.7 Å². The molecule has 0 aliphatic carbocycles. The second kappa shape index (κ2) is 4.84. The lowest BCUT2D eigenvalue weighted by atomic mass is 10.3. The van der Waals surface area contributed by atoms with Gasteiger partial charge in [-0.25, -0.2) is 9.97 Å². The Bertz CT molecular complexity index is 754. The topological polar surface area (TPSA) is 121 Å². The maximum atomic E-state index is 11.0. The summed E-state index contributed by atoms with van der Waals surface area (Å²) in [5.41, 5.74) is -0.505. The standard InChI is InChI=1S/C10H3BrN6O2/c11-6-1-8(17(18)19)10(14-4-6)16-5-15-7(2-12)9(16)3-13/h1,4-5H. The van der Waals surface area contributed by atoms with Gasteiger partial charge < -0.3 is 0 Å². The van der Waals surface area contributed by atoms with E-state index >= 15 is 0 Å². The number of rotatable bonds is 2. The number of imidazole rings is 1. The van der Waals surface area contributed by atoms with Crippen LogP contribution in [0.25, 0.3) is 5.82 Å². The maximum Gasteiger partial charge on any atom is 0.313 e. The van der Waals surface area contributed by atoms with E-state index in [1.54, 1.807) is 12.1 Å². The summed E-state index contributed by atoms with van der Waals surface area (Å²) in [6, 6.07) is 4.77. The molecular weight excluding hydrogens is 316 g/mol. The van der Waals surface area contributed by atoms with Crippen molar-refractivity contribution in [3.8, 4) is 18.0 Å². The third-order valence-corrected chi connectivity index (χ3v) is 2.65. The van der Waals surface area contributed by atoms with Crippen molar-refractivity contribution in [1.82, 2.24) is 14.5 Å². The van der Waals surface area contributed by atoms with Crippen LogP contribution in [-0.2, 0) is 0 Å². The van der Waals surface area contributed by atoms with Gasteiger partial charge in [-0.1, -0.05) is 0 Å². The molecule has 0 radical (unpaired) electrons. The van der Waals surface area contributed by atoms with Crippen LogP contribution in [0.2, 0.25) is 0 Å². The zero-order valence-corrected chi connectivity index (χ0v) is 10.7. The molecule has 0 aliphatic heterocycles. The normalized spacial score (nSPS) is 9.63. The van der Waals surface area contributed by atoms with Crippen molar-refractivity contribution in [2.24, 2.45) is 0 Å². The molecule has 2 rings (SSSR count). The number of hydrogen-bond acceptors (Lipinski definition) is 6. The quantitative estimate of drug-likeness (QED) is 0.613. The number of nitro groups is 1. The molecule has 0 spiro atoms. The zero-order valence-electron chi connectivity index (χ0n) is 9.11. The molecule has 2 heterocycles. The highest BCUT2D eigenvalue weighted by Gasteiger charge is 2.21. The first-order chi connectivity index (χ1) is 9.08. The van der Waals surface area contributed by atoms with Gasteiger partial charge in [-0.3, -0.25) is 14.7 Å². The van der Waals surface area contributed by atoms with Crippen LogP contribution in [0.15, 0.2) is 23.1 Å². The van der Waals surface area contributed by atoms with Crippen LogP contribution in [0.4, 0.5) is 5.69 Å². The summed E-state index contributed by atoms with van der Waals surface area (Å²) in [7, 11) is 0. The Morgan fingerprint density at radius 2 is 2.11 bits per heavy atom. The van der Waals surface area contributed by atoms with Gasteiger partial charge in [0.2, 0.25) is 5.82 Å². The first kappa shape index (κ1) is 12.7. The van der Waals surface area contributed by atoms with Crippen molar-refractivity contribution in [3.05, 3.63) is 44.6 Å². The van der Waals surface area contributed by atoms with E-state index in [2.05, 4.69) is 25.9 Å². The van der Waals surface area contributed by atoms with Crippen LogP contribution in [0.5, 0.6) is 0 Å². The Morgan fingerprint density at radius 3 is 2.68 bits per heavy atom. The van der Waals surface area contributed by atoms with E-state index in [0.717, 1.165) is 10.9 Å². The van der Waals surface area contributed by atoms with Crippen LogP contribution in [-0.4, -0.2) is 19.5 Å². The lowest BCUT2D eigenvalue weighted by Crippen LogP contribution is -2.04. The summed E-state index contributed by atoms with van der Waals surface area (Å²) in [6.07, 6.45) is 2.51. The first-order valence-electron chi connectivity index (χ1n) is 4.76. The van der Waals surface area contributed by atoms with Gasteiger partial charge in [0.25, 0.3) is 0 Å². The van der Waals surface area contributed by atoms with E-state index in [4.69, 9.17) is 10.5 Å². The van der Waals surface area contributed by atoms with Crippen LogP contribution in [0.3, 0.4) is 0 Å². The minimum Gasteiger partial charge on any atom is -0.267 e. The fourth-order valence-electron chi connectivity index (χ4n) is 1.44. The number of pyridine rings is 1. The summed E-state index contributed by atoms with van der Waals surface area (Å²) < 4.78 is 1.55. The third kappa shape index (κ3) is 2.14. The monoisotopic (exact) mass is 318 g/mol. The Labute approximate surface area is 114 Å². The van der Waals surface area contributed by atoms with Crippen molar-refractivity contribution in [2.75, 3.05) is 0 Å². The molecule has 0 saturated carbocycles. The van der Waals surface area contributed by atoms with E-state index in [1.165, 1.54) is 12.3 Å². The van der Waals surface area contributed by atoms with Crippen molar-refractivity contribution < 1.29 is 4.92 Å². The predicted octanol–water partition coefficient (Wildman–Crippen LogP) is 1.68. The molecule has 0 N–H and O–H groups in total. The fourth-order valence-corrected chi connectivity index (χ4v) is 1.76. The molecule has 8 nitrogen and oxygen atoms in total. The van der Waals surface area contributed by atoms with Crippen LogP contribution in [0.1, 0.15) is 11.4 Å². The molecule has 0 unspecified atom stereocenters. The van der Waals surface area contributed by atoms with Crippen molar-refractivity contribution in [2.45, 2.75) is 0 Å². The fraction of sp³-hybridized carbons (Fsp3) is 0. The van der Waals surface area contributed by atoms with Crippen molar-refractivity contribution in [3.63, 3.8) is 0 Å². The first-order valence-corrected chi connectivity index (χ1v) is 5.55. The molecule has 2 aromatic heterocycles. The number of halogens is 1. The van der Waals surface area contributed by atoms with Gasteiger partial charge in [0.05, 0.1) is 4.92 Å². The van der Waals surface area contributed by atoms with Gasteiger partial charge in [0.1, 0.15) is 18.5 Å². The third-order valence-electron chi connectivity index (χ3n) is 2.22. The highest BCUT2D eigenvalue weighted by atomic mass is 79.9. The number of aromatic nitrogens is 3. The number of nitriles is 2. The maximum absolute atomic E-state index is 11.0.